The van der Waals surface area contributed by atoms with Gasteiger partial charge in [0.15, 0.2) is 5.94 Å². The first kappa shape index (κ1) is 13.4. The van der Waals surface area contributed by atoms with E-state index in [0.717, 1.165) is 0 Å². The molecule has 0 aliphatic heterocycles. The summed E-state index contributed by atoms with van der Waals surface area (Å²) < 4.78 is 51.5. The molecule has 0 radical (unpaired) electrons. The fourth-order valence-electron chi connectivity index (χ4n) is 0.373. The Morgan fingerprint density at radius 3 is 2.14 bits per heavy atom. The van der Waals surface area contributed by atoms with Crippen LogP contribution in [0.15, 0.2) is 0 Å². The number of hydrogen-bond donors (Lipinski definition) is 0. The highest BCUT2D eigenvalue weighted by Gasteiger charge is 2.16. The van der Waals surface area contributed by atoms with Crippen LogP contribution in [0.3, 0.4) is 0 Å². The van der Waals surface area contributed by atoms with Crippen LogP contribution in [-0.4, -0.2) is 35.1 Å². The minimum Gasteiger partial charge on any atom is -0.255 e. The van der Waals surface area contributed by atoms with Crippen LogP contribution >= 0.6 is 0 Å². The van der Waals surface area contributed by atoms with Gasteiger partial charge < -0.3 is 0 Å². The van der Waals surface area contributed by atoms with E-state index < -0.39 is 32.8 Å². The zero-order chi connectivity index (χ0) is 11.2. The van der Waals surface area contributed by atoms with Crippen molar-refractivity contribution in [3.05, 3.63) is 0 Å². The molecule has 0 heterocycles. The van der Waals surface area contributed by atoms with E-state index in [9.17, 15) is 16.8 Å². The summed E-state index contributed by atoms with van der Waals surface area (Å²) in [5.74, 6) is 0.570. The molecule has 6 nitrogen and oxygen atoms in total. The second kappa shape index (κ2) is 5.31. The summed E-state index contributed by atoms with van der Waals surface area (Å²) in [6, 6.07) is 0. The van der Waals surface area contributed by atoms with Crippen molar-refractivity contribution < 1.29 is 25.2 Å². The Labute approximate surface area is 83.5 Å². The molecule has 82 valence electrons. The van der Waals surface area contributed by atoms with Gasteiger partial charge in [0.2, 0.25) is 0 Å². The fourth-order valence-corrected chi connectivity index (χ4v) is 1.91. The third kappa shape index (κ3) is 5.93. The largest absolute Gasteiger partial charge is 0.294 e. The Hall–Kier alpha value is -0.620. The van der Waals surface area contributed by atoms with E-state index in [1.54, 1.807) is 0 Å². The maximum atomic E-state index is 10.8. The van der Waals surface area contributed by atoms with Crippen molar-refractivity contribution in [1.29, 1.82) is 0 Å². The standard InChI is InChI=1S/C6H10O6S2/c1-3-5-11-14(9,10)6-12-13(7,8)4-2/h1H,4-6H2,2H3. The Bertz CT molecular complexity index is 398. The molecule has 0 aliphatic carbocycles. The van der Waals surface area contributed by atoms with Crippen molar-refractivity contribution in [3.8, 4) is 12.3 Å². The minimum absolute atomic E-state index is 0.308. The van der Waals surface area contributed by atoms with Crippen molar-refractivity contribution in [1.82, 2.24) is 0 Å². The SMILES string of the molecule is C#CCOS(=O)(=O)COS(=O)(=O)CC. The topological polar surface area (TPSA) is 86.7 Å². The maximum Gasteiger partial charge on any atom is 0.294 e. The minimum atomic E-state index is -4.03. The summed E-state index contributed by atoms with van der Waals surface area (Å²) in [5, 5.41) is 0. The van der Waals surface area contributed by atoms with Gasteiger partial charge in [-0.1, -0.05) is 5.92 Å². The van der Waals surface area contributed by atoms with Crippen molar-refractivity contribution in [2.24, 2.45) is 0 Å². The first-order valence-corrected chi connectivity index (χ1v) is 6.66. The second-order valence-corrected chi connectivity index (χ2v) is 5.62. The lowest BCUT2D eigenvalue weighted by molar-refractivity contribution is 0.313. The van der Waals surface area contributed by atoms with E-state index in [4.69, 9.17) is 6.42 Å². The molecular weight excluding hydrogens is 232 g/mol. The van der Waals surface area contributed by atoms with E-state index in [0.29, 0.717) is 0 Å². The molecule has 0 N–H and O–H groups in total. The Kier molecular flexibility index (Phi) is 5.07. The number of hydrogen-bond acceptors (Lipinski definition) is 6. The Morgan fingerprint density at radius 1 is 1.14 bits per heavy atom. The van der Waals surface area contributed by atoms with Crippen LogP contribution in [0.1, 0.15) is 6.92 Å². The zero-order valence-corrected chi connectivity index (χ0v) is 9.10. The van der Waals surface area contributed by atoms with E-state index in [1.807, 2.05) is 5.92 Å². The molecule has 0 rings (SSSR count). The molecule has 14 heavy (non-hydrogen) atoms. The summed E-state index contributed by atoms with van der Waals surface area (Å²) in [6.07, 6.45) is 4.75. The van der Waals surface area contributed by atoms with Gasteiger partial charge in [-0.15, -0.1) is 6.42 Å². The average Bonchev–Trinajstić information content (AvgIpc) is 2.12. The van der Waals surface area contributed by atoms with Crippen LogP contribution in [0.5, 0.6) is 0 Å². The van der Waals surface area contributed by atoms with Crippen molar-refractivity contribution >= 4 is 20.2 Å². The summed E-state index contributed by atoms with van der Waals surface area (Å²) in [7, 11) is -7.82. The number of terminal acetylenes is 1. The molecule has 0 unspecified atom stereocenters. The highest BCUT2D eigenvalue weighted by Crippen LogP contribution is 1.99. The van der Waals surface area contributed by atoms with Crippen LogP contribution in [0, 0.1) is 12.3 Å². The van der Waals surface area contributed by atoms with Crippen LogP contribution in [-0.2, 0) is 28.6 Å². The predicted octanol–water partition coefficient (Wildman–Crippen LogP) is -0.710. The number of rotatable bonds is 6. The molecule has 0 atom stereocenters. The average molecular weight is 242 g/mol. The van der Waals surface area contributed by atoms with Crippen molar-refractivity contribution in [2.75, 3.05) is 18.3 Å². The van der Waals surface area contributed by atoms with Crippen LogP contribution in [0.25, 0.3) is 0 Å². The van der Waals surface area contributed by atoms with Crippen LogP contribution < -0.4 is 0 Å². The predicted molar refractivity (Wildman–Crippen MR) is 49.1 cm³/mol. The Morgan fingerprint density at radius 2 is 1.71 bits per heavy atom. The first-order chi connectivity index (χ1) is 6.33. The third-order valence-corrected chi connectivity index (χ3v) is 3.26. The molecule has 0 amide bonds. The zero-order valence-electron chi connectivity index (χ0n) is 7.46. The Balaban J connectivity index is 4.22. The molecule has 0 spiro atoms. The maximum absolute atomic E-state index is 10.8. The second-order valence-electron chi connectivity index (χ2n) is 2.11. The van der Waals surface area contributed by atoms with Gasteiger partial charge in [-0.25, -0.2) is 0 Å². The molecule has 8 heteroatoms. The van der Waals surface area contributed by atoms with Crippen LogP contribution in [0.2, 0.25) is 0 Å². The summed E-state index contributed by atoms with van der Waals surface area (Å²) in [6.45, 7) is 0.877. The normalized spacial score (nSPS) is 12.3. The van der Waals surface area contributed by atoms with E-state index in [1.165, 1.54) is 6.92 Å². The van der Waals surface area contributed by atoms with Crippen LogP contribution in [0.4, 0.5) is 0 Å². The van der Waals surface area contributed by atoms with Gasteiger partial charge in [0, 0.05) is 0 Å². The van der Waals surface area contributed by atoms with Gasteiger partial charge in [-0.3, -0.25) is 8.37 Å². The lowest BCUT2D eigenvalue weighted by Crippen LogP contribution is -2.18. The van der Waals surface area contributed by atoms with E-state index in [-0.39, 0.29) is 5.75 Å². The van der Waals surface area contributed by atoms with Crippen molar-refractivity contribution in [2.45, 2.75) is 6.92 Å². The highest BCUT2D eigenvalue weighted by atomic mass is 32.2. The van der Waals surface area contributed by atoms with Gasteiger partial charge in [0.05, 0.1) is 5.75 Å². The lowest BCUT2D eigenvalue weighted by atomic mass is 10.8. The molecule has 0 aromatic heterocycles. The van der Waals surface area contributed by atoms with Gasteiger partial charge in [-0.2, -0.15) is 16.8 Å². The molecule has 0 saturated heterocycles. The highest BCUT2D eigenvalue weighted by molar-refractivity contribution is 7.89. The fraction of sp³-hybridized carbons (Fsp3) is 0.667. The summed E-state index contributed by atoms with van der Waals surface area (Å²) >= 11 is 0. The molecule has 0 aliphatic rings. The smallest absolute Gasteiger partial charge is 0.255 e. The van der Waals surface area contributed by atoms with Gasteiger partial charge in [0.1, 0.15) is 6.61 Å². The van der Waals surface area contributed by atoms with Crippen molar-refractivity contribution in [3.63, 3.8) is 0 Å². The molecule has 0 aromatic carbocycles. The molecular formula is C6H10O6S2. The van der Waals surface area contributed by atoms with E-state index >= 15 is 0 Å². The monoisotopic (exact) mass is 242 g/mol. The van der Waals surface area contributed by atoms with Gasteiger partial charge >= 0.3 is 0 Å². The molecule has 0 saturated carbocycles. The van der Waals surface area contributed by atoms with Gasteiger partial charge in [0.25, 0.3) is 20.2 Å². The van der Waals surface area contributed by atoms with Gasteiger partial charge in [-0.05, 0) is 6.92 Å². The molecule has 0 aromatic rings. The third-order valence-electron chi connectivity index (χ3n) is 1.05. The molecule has 0 fully saturated rings. The summed E-state index contributed by atoms with van der Waals surface area (Å²) in [5.41, 5.74) is 0. The lowest BCUT2D eigenvalue weighted by Gasteiger charge is -2.03. The summed E-state index contributed by atoms with van der Waals surface area (Å²) in [4.78, 5) is 0. The molecule has 0 bridgehead atoms. The quantitative estimate of drug-likeness (QED) is 0.451. The van der Waals surface area contributed by atoms with E-state index in [2.05, 4.69) is 8.37 Å². The first-order valence-electron chi connectivity index (χ1n) is 3.50.